The van der Waals surface area contributed by atoms with Gasteiger partial charge in [0.05, 0.1) is 11.2 Å². The number of rotatable bonds is 3. The predicted molar refractivity (Wildman–Crippen MR) is 64.0 cm³/mol. The highest BCUT2D eigenvalue weighted by Gasteiger charge is 2.17. The maximum Gasteiger partial charge on any atom is 0.0795 e. The Morgan fingerprint density at radius 3 is 2.93 bits per heavy atom. The highest BCUT2D eigenvalue weighted by atomic mass is 32.2. The molecular weight excluding hydrogens is 212 g/mol. The number of nitrogens with one attached hydrogen (secondary N) is 1. The van der Waals surface area contributed by atoms with Crippen molar-refractivity contribution in [3.8, 4) is 0 Å². The second-order valence-electron chi connectivity index (χ2n) is 3.69. The van der Waals surface area contributed by atoms with Crippen molar-refractivity contribution in [1.29, 1.82) is 0 Å². The van der Waals surface area contributed by atoms with Crippen molar-refractivity contribution in [2.45, 2.75) is 31.8 Å². The normalized spacial score (nSPS) is 20.9. The maximum atomic E-state index is 4.33. The molecule has 0 saturated carbocycles. The van der Waals surface area contributed by atoms with Gasteiger partial charge in [0.25, 0.3) is 0 Å². The summed E-state index contributed by atoms with van der Waals surface area (Å²) < 4.78 is 0. The number of hydrogen-bond donors (Lipinski definition) is 1. The monoisotopic (exact) mass is 228 g/mol. The zero-order valence-electron chi connectivity index (χ0n) is 8.40. The molecule has 1 unspecified atom stereocenters. The average molecular weight is 228 g/mol. The lowest BCUT2D eigenvalue weighted by atomic mass is 10.1. The van der Waals surface area contributed by atoms with Crippen LogP contribution >= 0.6 is 23.1 Å². The van der Waals surface area contributed by atoms with Crippen molar-refractivity contribution in [2.75, 3.05) is 11.5 Å². The Labute approximate surface area is 93.5 Å². The van der Waals surface area contributed by atoms with E-state index in [2.05, 4.69) is 34.4 Å². The van der Waals surface area contributed by atoms with Gasteiger partial charge in [-0.15, -0.1) is 11.3 Å². The molecule has 1 aliphatic heterocycles. The van der Waals surface area contributed by atoms with Gasteiger partial charge in [-0.3, -0.25) is 0 Å². The van der Waals surface area contributed by atoms with Crippen molar-refractivity contribution in [1.82, 2.24) is 10.3 Å². The summed E-state index contributed by atoms with van der Waals surface area (Å²) in [6.07, 6.45) is 2.61. The van der Waals surface area contributed by atoms with Gasteiger partial charge >= 0.3 is 0 Å². The first-order valence-electron chi connectivity index (χ1n) is 5.08. The van der Waals surface area contributed by atoms with E-state index in [9.17, 15) is 0 Å². The third-order valence-electron chi connectivity index (χ3n) is 2.60. The van der Waals surface area contributed by atoms with Crippen molar-refractivity contribution >= 4 is 23.1 Å². The minimum atomic E-state index is 0.411. The second-order valence-corrected chi connectivity index (χ2v) is 5.63. The molecule has 1 saturated heterocycles. The van der Waals surface area contributed by atoms with Gasteiger partial charge in [-0.2, -0.15) is 11.8 Å². The van der Waals surface area contributed by atoms with Gasteiger partial charge in [0.15, 0.2) is 0 Å². The molecule has 1 N–H and O–H groups in total. The fraction of sp³-hybridized carbons (Fsp3) is 0.700. The lowest BCUT2D eigenvalue weighted by Gasteiger charge is -2.25. The molecule has 14 heavy (non-hydrogen) atoms. The molecule has 1 atom stereocenters. The Balaban J connectivity index is 1.84. The SMILES string of the molecule is CC(NC1CCSCC1)c1cscn1. The molecule has 2 heterocycles. The quantitative estimate of drug-likeness (QED) is 0.861. The van der Waals surface area contributed by atoms with E-state index in [1.807, 2.05) is 5.51 Å². The van der Waals surface area contributed by atoms with Crippen LogP contribution in [0.4, 0.5) is 0 Å². The summed E-state index contributed by atoms with van der Waals surface area (Å²) in [4.78, 5) is 4.33. The molecular formula is C10H16N2S2. The van der Waals surface area contributed by atoms with E-state index in [0.717, 1.165) is 0 Å². The lowest BCUT2D eigenvalue weighted by molar-refractivity contribution is 0.427. The molecule has 1 aromatic heterocycles. The molecule has 78 valence electrons. The largest absolute Gasteiger partial charge is 0.306 e. The first-order valence-corrected chi connectivity index (χ1v) is 7.18. The Morgan fingerprint density at radius 2 is 2.29 bits per heavy atom. The second kappa shape index (κ2) is 5.14. The Hall–Kier alpha value is -0.0600. The Kier molecular flexibility index (Phi) is 3.84. The van der Waals surface area contributed by atoms with Gasteiger partial charge < -0.3 is 5.32 Å². The van der Waals surface area contributed by atoms with E-state index in [1.54, 1.807) is 11.3 Å². The van der Waals surface area contributed by atoms with Gasteiger partial charge in [-0.1, -0.05) is 0 Å². The minimum absolute atomic E-state index is 0.411. The van der Waals surface area contributed by atoms with Crippen LogP contribution in [0.15, 0.2) is 10.9 Å². The highest BCUT2D eigenvalue weighted by molar-refractivity contribution is 7.99. The topological polar surface area (TPSA) is 24.9 Å². The van der Waals surface area contributed by atoms with Crippen molar-refractivity contribution < 1.29 is 0 Å². The molecule has 1 aliphatic rings. The van der Waals surface area contributed by atoms with E-state index in [-0.39, 0.29) is 0 Å². The van der Waals surface area contributed by atoms with Gasteiger partial charge in [0, 0.05) is 17.5 Å². The first kappa shape index (κ1) is 10.5. The number of thiazole rings is 1. The molecule has 0 spiro atoms. The fourth-order valence-corrected chi connectivity index (χ4v) is 3.49. The molecule has 1 fully saturated rings. The minimum Gasteiger partial charge on any atom is -0.306 e. The van der Waals surface area contributed by atoms with Crippen LogP contribution in [-0.4, -0.2) is 22.5 Å². The summed E-state index contributed by atoms with van der Waals surface area (Å²) in [5, 5.41) is 5.79. The third kappa shape index (κ3) is 2.72. The van der Waals surface area contributed by atoms with Crippen molar-refractivity contribution in [2.24, 2.45) is 0 Å². The summed E-state index contributed by atoms with van der Waals surface area (Å²) in [5.74, 6) is 2.61. The average Bonchev–Trinajstić information content (AvgIpc) is 2.72. The number of aromatic nitrogens is 1. The molecule has 0 bridgehead atoms. The number of hydrogen-bond acceptors (Lipinski definition) is 4. The molecule has 0 aliphatic carbocycles. The smallest absolute Gasteiger partial charge is 0.0795 e. The summed E-state index contributed by atoms with van der Waals surface area (Å²) in [5.41, 5.74) is 3.10. The molecule has 0 aromatic carbocycles. The van der Waals surface area contributed by atoms with E-state index in [0.29, 0.717) is 12.1 Å². The standard InChI is InChI=1S/C10H16N2S2/c1-8(10-6-14-7-11-10)12-9-2-4-13-5-3-9/h6-9,12H,2-5H2,1H3. The van der Waals surface area contributed by atoms with Crippen molar-refractivity contribution in [3.63, 3.8) is 0 Å². The number of thioether (sulfide) groups is 1. The Bertz CT molecular complexity index is 255. The van der Waals surface area contributed by atoms with Gasteiger partial charge in [-0.05, 0) is 31.3 Å². The molecule has 0 amide bonds. The summed E-state index contributed by atoms with van der Waals surface area (Å²) in [6.45, 7) is 2.21. The van der Waals surface area contributed by atoms with Crippen LogP contribution in [0.25, 0.3) is 0 Å². The van der Waals surface area contributed by atoms with Crippen LogP contribution in [0.3, 0.4) is 0 Å². The van der Waals surface area contributed by atoms with E-state index in [4.69, 9.17) is 0 Å². The van der Waals surface area contributed by atoms with Gasteiger partial charge in [-0.25, -0.2) is 4.98 Å². The molecule has 1 aromatic rings. The van der Waals surface area contributed by atoms with Crippen LogP contribution in [0.1, 0.15) is 31.5 Å². The van der Waals surface area contributed by atoms with Gasteiger partial charge in [0.2, 0.25) is 0 Å². The first-order chi connectivity index (χ1) is 6.86. The van der Waals surface area contributed by atoms with Gasteiger partial charge in [0.1, 0.15) is 0 Å². The Morgan fingerprint density at radius 1 is 1.50 bits per heavy atom. The van der Waals surface area contributed by atoms with Crippen LogP contribution in [0.5, 0.6) is 0 Å². The molecule has 4 heteroatoms. The molecule has 2 nitrogen and oxygen atoms in total. The van der Waals surface area contributed by atoms with E-state index in [1.165, 1.54) is 30.0 Å². The fourth-order valence-electron chi connectivity index (χ4n) is 1.74. The third-order valence-corrected chi connectivity index (χ3v) is 4.26. The van der Waals surface area contributed by atoms with E-state index < -0.39 is 0 Å². The van der Waals surface area contributed by atoms with Crippen LogP contribution < -0.4 is 5.32 Å². The number of nitrogens with zero attached hydrogens (tertiary/aromatic N) is 1. The lowest BCUT2D eigenvalue weighted by Crippen LogP contribution is -2.34. The zero-order chi connectivity index (χ0) is 9.80. The van der Waals surface area contributed by atoms with Crippen LogP contribution in [0.2, 0.25) is 0 Å². The summed E-state index contributed by atoms with van der Waals surface area (Å²) >= 11 is 3.74. The van der Waals surface area contributed by atoms with Crippen LogP contribution in [-0.2, 0) is 0 Å². The summed E-state index contributed by atoms with van der Waals surface area (Å²) in [6, 6.07) is 1.11. The zero-order valence-corrected chi connectivity index (χ0v) is 10.0. The van der Waals surface area contributed by atoms with E-state index >= 15 is 0 Å². The highest BCUT2D eigenvalue weighted by Crippen LogP contribution is 2.20. The maximum absolute atomic E-state index is 4.33. The predicted octanol–water partition coefficient (Wildman–Crippen LogP) is 2.69. The summed E-state index contributed by atoms with van der Waals surface area (Å²) in [7, 11) is 0. The van der Waals surface area contributed by atoms with Crippen LogP contribution in [0, 0.1) is 0 Å². The molecule has 2 rings (SSSR count). The molecule has 0 radical (unpaired) electrons. The van der Waals surface area contributed by atoms with Crippen molar-refractivity contribution in [3.05, 3.63) is 16.6 Å².